The fraction of sp³-hybridized carbons (Fsp3) is 0.240. The number of aromatic nitrogens is 5. The van der Waals surface area contributed by atoms with Crippen molar-refractivity contribution in [3.8, 4) is 22.5 Å². The summed E-state index contributed by atoms with van der Waals surface area (Å²) in [4.78, 5) is 25.3. The van der Waals surface area contributed by atoms with Gasteiger partial charge in [-0.2, -0.15) is 5.10 Å². The summed E-state index contributed by atoms with van der Waals surface area (Å²) in [5.41, 5.74) is 10.5. The molecule has 12 heteroatoms. The largest absolute Gasteiger partial charge is 0.483 e. The molecule has 5 aromatic heterocycles. The van der Waals surface area contributed by atoms with Crippen molar-refractivity contribution >= 4 is 35.2 Å². The zero-order chi connectivity index (χ0) is 26.4. The third-order valence-corrected chi connectivity index (χ3v) is 6.26. The van der Waals surface area contributed by atoms with Gasteiger partial charge in [0.1, 0.15) is 5.76 Å². The van der Waals surface area contributed by atoms with Crippen LogP contribution in [0.2, 0.25) is 0 Å². The molecular weight excluding hydrogens is 480 g/mol. The Labute approximate surface area is 210 Å². The molecule has 0 bridgehead atoms. The number of carbonyl (C=O) groups is 2. The number of nitrogen functional groups attached to an aromatic ring is 1. The van der Waals surface area contributed by atoms with Gasteiger partial charge in [-0.15, -0.1) is 0 Å². The van der Waals surface area contributed by atoms with Crippen LogP contribution in [0.15, 0.2) is 59.9 Å². The summed E-state index contributed by atoms with van der Waals surface area (Å²) < 4.78 is 10.1. The normalized spacial score (nSPS) is 16.9. The Bertz CT molecular complexity index is 1490. The van der Waals surface area contributed by atoms with Crippen LogP contribution in [0.1, 0.15) is 31.7 Å². The zero-order valence-corrected chi connectivity index (χ0v) is 19.7. The second kappa shape index (κ2) is 11.4. The Balaban J connectivity index is 0.000000489. The van der Waals surface area contributed by atoms with Crippen LogP contribution in [0.5, 0.6) is 0 Å². The number of hydrogen-bond acceptors (Lipinski definition) is 8. The van der Waals surface area contributed by atoms with E-state index in [2.05, 4.69) is 21.3 Å². The van der Waals surface area contributed by atoms with Gasteiger partial charge in [-0.1, -0.05) is 0 Å². The fourth-order valence-corrected chi connectivity index (χ4v) is 4.56. The summed E-state index contributed by atoms with van der Waals surface area (Å²) in [6, 6.07) is 6.30. The van der Waals surface area contributed by atoms with E-state index in [-0.39, 0.29) is 19.0 Å². The average molecular weight is 507 g/mol. The van der Waals surface area contributed by atoms with Gasteiger partial charge in [-0.25, -0.2) is 9.97 Å². The molecule has 5 aromatic rings. The van der Waals surface area contributed by atoms with Crippen LogP contribution in [0.25, 0.3) is 38.9 Å². The van der Waals surface area contributed by atoms with E-state index < -0.39 is 0 Å². The number of nitrogens with zero attached hydrogens (tertiary/aromatic N) is 5. The highest BCUT2D eigenvalue weighted by Gasteiger charge is 2.22. The van der Waals surface area contributed by atoms with Crippen molar-refractivity contribution in [3.63, 3.8) is 0 Å². The van der Waals surface area contributed by atoms with Crippen molar-refractivity contribution in [2.75, 3.05) is 5.73 Å². The van der Waals surface area contributed by atoms with Crippen molar-refractivity contribution in [3.05, 3.63) is 55.5 Å². The highest BCUT2D eigenvalue weighted by molar-refractivity contribution is 6.00. The SMILES string of the molecule is Nc1ncc(-c2cnn(C3CCC(O)CC3)c2)c2cc(-c3cccn4cncc34)oc12.O=CO.O=CO. The number of furan rings is 1. The van der Waals surface area contributed by atoms with Crippen LogP contribution in [-0.2, 0) is 9.59 Å². The van der Waals surface area contributed by atoms with Crippen molar-refractivity contribution < 1.29 is 29.3 Å². The van der Waals surface area contributed by atoms with Gasteiger partial charge in [-0.05, 0) is 43.9 Å². The molecule has 6 rings (SSSR count). The predicted molar refractivity (Wildman–Crippen MR) is 135 cm³/mol. The maximum absolute atomic E-state index is 9.78. The number of fused-ring (bicyclic) bond motifs is 2. The van der Waals surface area contributed by atoms with E-state index in [1.54, 1.807) is 12.5 Å². The monoisotopic (exact) mass is 506 g/mol. The number of imidazole rings is 1. The number of nitrogens with two attached hydrogens (primary N) is 1. The first-order chi connectivity index (χ1) is 18.0. The lowest BCUT2D eigenvalue weighted by molar-refractivity contribution is -0.123. The first-order valence-electron chi connectivity index (χ1n) is 11.5. The van der Waals surface area contributed by atoms with E-state index in [4.69, 9.17) is 30.0 Å². The molecule has 37 heavy (non-hydrogen) atoms. The number of rotatable bonds is 3. The summed E-state index contributed by atoms with van der Waals surface area (Å²) in [5.74, 6) is 1.08. The van der Waals surface area contributed by atoms with E-state index in [1.807, 2.05) is 45.9 Å². The van der Waals surface area contributed by atoms with Crippen molar-refractivity contribution in [2.45, 2.75) is 37.8 Å². The van der Waals surface area contributed by atoms with Gasteiger partial charge >= 0.3 is 0 Å². The second-order valence-corrected chi connectivity index (χ2v) is 8.40. The topological polar surface area (TPSA) is 182 Å². The molecule has 5 heterocycles. The van der Waals surface area contributed by atoms with Crippen molar-refractivity contribution in [2.24, 2.45) is 0 Å². The van der Waals surface area contributed by atoms with Crippen LogP contribution < -0.4 is 5.73 Å². The lowest BCUT2D eigenvalue weighted by Gasteiger charge is -2.25. The third kappa shape index (κ3) is 5.28. The molecule has 0 saturated heterocycles. The first-order valence-corrected chi connectivity index (χ1v) is 11.5. The molecule has 1 fully saturated rings. The molecule has 0 aromatic carbocycles. The number of aliphatic hydroxyl groups is 1. The summed E-state index contributed by atoms with van der Waals surface area (Å²) in [7, 11) is 0. The van der Waals surface area contributed by atoms with E-state index >= 15 is 0 Å². The minimum absolute atomic E-state index is 0.184. The van der Waals surface area contributed by atoms with Gasteiger partial charge in [0.15, 0.2) is 11.4 Å². The van der Waals surface area contributed by atoms with Crippen molar-refractivity contribution in [1.29, 1.82) is 0 Å². The quantitative estimate of drug-likeness (QED) is 0.264. The maximum atomic E-state index is 9.78. The van der Waals surface area contributed by atoms with Crippen LogP contribution in [0, 0.1) is 0 Å². The van der Waals surface area contributed by atoms with Gasteiger partial charge in [0.05, 0.1) is 36.4 Å². The molecule has 192 valence electrons. The number of aliphatic hydroxyl groups excluding tert-OH is 1. The second-order valence-electron chi connectivity index (χ2n) is 8.40. The highest BCUT2D eigenvalue weighted by Crippen LogP contribution is 2.38. The van der Waals surface area contributed by atoms with Gasteiger partial charge in [0, 0.05) is 40.7 Å². The molecule has 5 N–H and O–H groups in total. The fourth-order valence-electron chi connectivity index (χ4n) is 4.56. The summed E-state index contributed by atoms with van der Waals surface area (Å²) in [5, 5.41) is 29.1. The lowest BCUT2D eigenvalue weighted by atomic mass is 9.93. The molecule has 0 spiro atoms. The van der Waals surface area contributed by atoms with Gasteiger partial charge in [-0.3, -0.25) is 14.3 Å². The zero-order valence-electron chi connectivity index (χ0n) is 19.7. The molecule has 0 atom stereocenters. The molecule has 0 aliphatic heterocycles. The molecule has 1 aliphatic carbocycles. The third-order valence-electron chi connectivity index (χ3n) is 6.26. The van der Waals surface area contributed by atoms with E-state index in [9.17, 15) is 5.11 Å². The first kappa shape index (κ1) is 25.4. The van der Waals surface area contributed by atoms with Crippen LogP contribution >= 0.6 is 0 Å². The van der Waals surface area contributed by atoms with Crippen LogP contribution in [0.3, 0.4) is 0 Å². The van der Waals surface area contributed by atoms with E-state index in [1.165, 1.54) is 0 Å². The van der Waals surface area contributed by atoms with Crippen molar-refractivity contribution in [1.82, 2.24) is 24.1 Å². The summed E-state index contributed by atoms with van der Waals surface area (Å²) in [6.45, 7) is -0.500. The van der Waals surface area contributed by atoms with Crippen LogP contribution in [-0.4, -0.2) is 58.5 Å². The number of pyridine rings is 2. The highest BCUT2D eigenvalue weighted by atomic mass is 16.4. The molecule has 1 aliphatic rings. The lowest BCUT2D eigenvalue weighted by Crippen LogP contribution is -2.21. The Morgan fingerprint density at radius 3 is 2.51 bits per heavy atom. The number of carboxylic acid groups (broad SMARTS) is 2. The molecule has 12 nitrogen and oxygen atoms in total. The number of hydrogen-bond donors (Lipinski definition) is 4. The Morgan fingerprint density at radius 1 is 1.05 bits per heavy atom. The van der Waals surface area contributed by atoms with E-state index in [0.717, 1.165) is 59.0 Å². The summed E-state index contributed by atoms with van der Waals surface area (Å²) >= 11 is 0. The Kier molecular flexibility index (Phi) is 7.79. The molecule has 0 radical (unpaired) electrons. The van der Waals surface area contributed by atoms with Gasteiger partial charge in [0.25, 0.3) is 12.9 Å². The van der Waals surface area contributed by atoms with Gasteiger partial charge < -0.3 is 29.9 Å². The van der Waals surface area contributed by atoms with E-state index in [0.29, 0.717) is 17.4 Å². The molecule has 0 unspecified atom stereocenters. The van der Waals surface area contributed by atoms with Crippen LogP contribution in [0.4, 0.5) is 5.82 Å². The van der Waals surface area contributed by atoms with Gasteiger partial charge in [0.2, 0.25) is 0 Å². The molecular formula is C25H26N6O6. The number of anilines is 1. The minimum Gasteiger partial charge on any atom is -0.483 e. The molecule has 0 amide bonds. The maximum Gasteiger partial charge on any atom is 0.290 e. The molecule has 1 saturated carbocycles. The smallest absolute Gasteiger partial charge is 0.290 e. The Hall–Kier alpha value is -4.71. The summed E-state index contributed by atoms with van der Waals surface area (Å²) in [6.07, 6.45) is 14.6. The average Bonchev–Trinajstić information content (AvgIpc) is 3.65. The standard InChI is InChI=1S/C23H22N6O2.2CH2O2/c24-23-22-18(8-21(31-22)17-2-1-7-28-13-25-11-20(17)28)19(10-26-23)14-9-27-29(12-14)15-3-5-16(30)6-4-15;2*2-1-3/h1-2,7-13,15-16,30H,3-6H2,(H2,24,26);2*1H,(H,2,3). The Morgan fingerprint density at radius 2 is 1.78 bits per heavy atom. The predicted octanol–water partition coefficient (Wildman–Crippen LogP) is 3.47. The minimum atomic E-state index is -0.250.